The van der Waals surface area contributed by atoms with Gasteiger partial charge in [-0.25, -0.2) is 4.79 Å². The van der Waals surface area contributed by atoms with Crippen LogP contribution in [0.15, 0.2) is 60.7 Å². The molecule has 1 aliphatic heterocycles. The van der Waals surface area contributed by atoms with Gasteiger partial charge in [-0.2, -0.15) is 0 Å². The smallest absolute Gasteiger partial charge is 0.410 e. The van der Waals surface area contributed by atoms with Gasteiger partial charge < -0.3 is 19.7 Å². The van der Waals surface area contributed by atoms with Crippen molar-refractivity contribution in [2.45, 2.75) is 50.9 Å². The molecule has 0 aliphatic carbocycles. The second-order valence-corrected chi connectivity index (χ2v) is 9.11. The predicted octanol–water partition coefficient (Wildman–Crippen LogP) is 4.57. The molecule has 0 aromatic heterocycles. The number of carbonyl (C=O) groups excluding carboxylic acids is 1. The van der Waals surface area contributed by atoms with E-state index in [1.54, 1.807) is 18.1 Å². The topological polar surface area (TPSA) is 79.2 Å². The van der Waals surface area contributed by atoms with E-state index in [1.807, 2.05) is 75.4 Å². The number of carbonyl (C=O) groups is 1. The zero-order chi connectivity index (χ0) is 23.4. The predicted molar refractivity (Wildman–Crippen MR) is 124 cm³/mol. The monoisotopic (exact) mass is 439 g/mol. The average Bonchev–Trinajstić information content (AvgIpc) is 2.76. The van der Waals surface area contributed by atoms with Crippen LogP contribution >= 0.6 is 0 Å². The largest absolute Gasteiger partial charge is 0.496 e. The highest BCUT2D eigenvalue weighted by Crippen LogP contribution is 2.43. The number of para-hydroxylation sites is 1. The quantitative estimate of drug-likeness (QED) is 0.713. The normalized spacial score (nSPS) is 21.9. The van der Waals surface area contributed by atoms with E-state index in [0.29, 0.717) is 36.3 Å². The fourth-order valence-electron chi connectivity index (χ4n) is 4.26. The molecule has 1 aliphatic rings. The number of piperidine rings is 1. The molecular formula is C26H33NO5. The minimum atomic E-state index is -1.41. The van der Waals surface area contributed by atoms with Crippen molar-refractivity contribution in [3.8, 4) is 5.75 Å². The summed E-state index contributed by atoms with van der Waals surface area (Å²) >= 11 is 0. The van der Waals surface area contributed by atoms with Crippen molar-refractivity contribution in [3.63, 3.8) is 0 Å². The molecule has 32 heavy (non-hydrogen) atoms. The summed E-state index contributed by atoms with van der Waals surface area (Å²) in [6, 6.07) is 16.2. The first-order chi connectivity index (χ1) is 15.2. The van der Waals surface area contributed by atoms with Gasteiger partial charge in [0.1, 0.15) is 17.0 Å². The Balaban J connectivity index is 2.10. The number of rotatable bonds is 5. The number of ether oxygens (including phenoxy) is 2. The van der Waals surface area contributed by atoms with E-state index in [4.69, 9.17) is 9.47 Å². The van der Waals surface area contributed by atoms with Gasteiger partial charge in [0, 0.05) is 12.1 Å². The third kappa shape index (κ3) is 5.31. The van der Waals surface area contributed by atoms with Crippen LogP contribution in [-0.4, -0.2) is 52.7 Å². The average molecular weight is 440 g/mol. The van der Waals surface area contributed by atoms with Gasteiger partial charge in [-0.3, -0.25) is 4.90 Å². The molecule has 1 heterocycles. The van der Waals surface area contributed by atoms with Crippen molar-refractivity contribution in [3.05, 3.63) is 71.8 Å². The van der Waals surface area contributed by atoms with E-state index in [1.165, 1.54) is 0 Å². The molecule has 6 heteroatoms. The Morgan fingerprint density at radius 1 is 1.16 bits per heavy atom. The van der Waals surface area contributed by atoms with E-state index in [0.717, 1.165) is 5.56 Å². The zero-order valence-corrected chi connectivity index (χ0v) is 19.2. The molecular weight excluding hydrogens is 406 g/mol. The van der Waals surface area contributed by atoms with Crippen LogP contribution in [0.3, 0.4) is 0 Å². The van der Waals surface area contributed by atoms with Crippen LogP contribution in [0, 0.1) is 0 Å². The zero-order valence-electron chi connectivity index (χ0n) is 19.2. The third-order valence-electron chi connectivity index (χ3n) is 5.55. The van der Waals surface area contributed by atoms with Crippen LogP contribution in [0.4, 0.5) is 4.79 Å². The van der Waals surface area contributed by atoms with Gasteiger partial charge in [0.15, 0.2) is 0 Å². The summed E-state index contributed by atoms with van der Waals surface area (Å²) in [7, 11) is 1.57. The minimum absolute atomic E-state index is 0.281. The Morgan fingerprint density at radius 3 is 2.44 bits per heavy atom. The SMILES string of the molecule is COc1ccccc1C(=CC1(O)CCCN(C(=O)OC(C)(C)C)C1c1ccccc1)CO. The molecule has 1 fully saturated rings. The summed E-state index contributed by atoms with van der Waals surface area (Å²) in [6.07, 6.45) is 2.24. The van der Waals surface area contributed by atoms with Gasteiger partial charge >= 0.3 is 6.09 Å². The molecule has 2 N–H and O–H groups in total. The third-order valence-corrected chi connectivity index (χ3v) is 5.55. The van der Waals surface area contributed by atoms with E-state index < -0.39 is 23.3 Å². The lowest BCUT2D eigenvalue weighted by Crippen LogP contribution is -2.53. The van der Waals surface area contributed by atoms with E-state index in [2.05, 4.69) is 0 Å². The van der Waals surface area contributed by atoms with Crippen molar-refractivity contribution in [1.82, 2.24) is 4.90 Å². The van der Waals surface area contributed by atoms with Crippen molar-refractivity contribution < 1.29 is 24.5 Å². The summed E-state index contributed by atoms with van der Waals surface area (Å²) < 4.78 is 11.1. The number of hydrogen-bond acceptors (Lipinski definition) is 5. The maximum Gasteiger partial charge on any atom is 0.410 e. The van der Waals surface area contributed by atoms with Crippen molar-refractivity contribution >= 4 is 11.7 Å². The van der Waals surface area contributed by atoms with Crippen molar-refractivity contribution in [2.24, 2.45) is 0 Å². The maximum absolute atomic E-state index is 13.1. The summed E-state index contributed by atoms with van der Waals surface area (Å²) in [5.74, 6) is 0.604. The first kappa shape index (κ1) is 23.8. The highest BCUT2D eigenvalue weighted by atomic mass is 16.6. The molecule has 3 rings (SSSR count). The Bertz CT molecular complexity index is 950. The molecule has 2 unspecified atom stereocenters. The van der Waals surface area contributed by atoms with Crippen LogP contribution < -0.4 is 4.74 Å². The van der Waals surface area contributed by atoms with Gasteiger partial charge in [-0.05, 0) is 56.9 Å². The van der Waals surface area contributed by atoms with Crippen LogP contribution in [-0.2, 0) is 4.74 Å². The van der Waals surface area contributed by atoms with Crippen molar-refractivity contribution in [1.29, 1.82) is 0 Å². The Kier molecular flexibility index (Phi) is 7.26. The maximum atomic E-state index is 13.1. The van der Waals surface area contributed by atoms with Gasteiger partial charge in [0.2, 0.25) is 0 Å². The van der Waals surface area contributed by atoms with Crippen LogP contribution in [0.2, 0.25) is 0 Å². The van der Waals surface area contributed by atoms with Gasteiger partial charge in [-0.1, -0.05) is 48.5 Å². The Morgan fingerprint density at radius 2 is 1.81 bits per heavy atom. The molecule has 0 spiro atoms. The molecule has 172 valence electrons. The summed E-state index contributed by atoms with van der Waals surface area (Å²) in [6.45, 7) is 5.66. The number of methoxy groups -OCH3 is 1. The molecule has 0 saturated carbocycles. The Hall–Kier alpha value is -2.83. The first-order valence-electron chi connectivity index (χ1n) is 10.9. The van der Waals surface area contributed by atoms with E-state index in [-0.39, 0.29) is 6.61 Å². The number of benzene rings is 2. The first-order valence-corrected chi connectivity index (χ1v) is 10.9. The number of likely N-dealkylation sites (tertiary alicyclic amines) is 1. The van der Waals surface area contributed by atoms with Crippen LogP contribution in [0.25, 0.3) is 5.57 Å². The summed E-state index contributed by atoms with van der Waals surface area (Å²) in [5.41, 5.74) is -0.0227. The summed E-state index contributed by atoms with van der Waals surface area (Å²) in [5, 5.41) is 22.1. The lowest BCUT2D eigenvalue weighted by molar-refractivity contribution is -0.0583. The Labute approximate surface area is 190 Å². The number of hydrogen-bond donors (Lipinski definition) is 2. The molecule has 2 aromatic rings. The molecule has 2 atom stereocenters. The number of aliphatic hydroxyl groups excluding tert-OH is 1. The van der Waals surface area contributed by atoms with Crippen LogP contribution in [0.5, 0.6) is 5.75 Å². The number of aliphatic hydroxyl groups is 2. The standard InChI is InChI=1S/C26H33NO5/c1-25(2,3)32-24(29)27-16-10-15-26(30,23(27)19-11-6-5-7-12-19)17-20(18-28)21-13-8-9-14-22(21)31-4/h5-9,11-14,17,23,28,30H,10,15-16,18H2,1-4H3. The van der Waals surface area contributed by atoms with E-state index in [9.17, 15) is 15.0 Å². The lowest BCUT2D eigenvalue weighted by atomic mass is 9.78. The van der Waals surface area contributed by atoms with E-state index >= 15 is 0 Å². The number of amides is 1. The van der Waals surface area contributed by atoms with Gasteiger partial charge in [-0.15, -0.1) is 0 Å². The highest BCUT2D eigenvalue weighted by molar-refractivity contribution is 5.73. The molecule has 0 bridgehead atoms. The van der Waals surface area contributed by atoms with Gasteiger partial charge in [0.05, 0.1) is 19.8 Å². The molecule has 2 aromatic carbocycles. The second kappa shape index (κ2) is 9.76. The molecule has 6 nitrogen and oxygen atoms in total. The molecule has 1 amide bonds. The highest BCUT2D eigenvalue weighted by Gasteiger charge is 2.46. The lowest BCUT2D eigenvalue weighted by Gasteiger charge is -2.46. The minimum Gasteiger partial charge on any atom is -0.496 e. The fraction of sp³-hybridized carbons (Fsp3) is 0.423. The van der Waals surface area contributed by atoms with Gasteiger partial charge in [0.25, 0.3) is 0 Å². The summed E-state index contributed by atoms with van der Waals surface area (Å²) in [4.78, 5) is 14.7. The molecule has 0 radical (unpaired) electrons. The second-order valence-electron chi connectivity index (χ2n) is 9.11. The van der Waals surface area contributed by atoms with Crippen molar-refractivity contribution in [2.75, 3.05) is 20.3 Å². The van der Waals surface area contributed by atoms with Crippen LogP contribution in [0.1, 0.15) is 50.8 Å². The number of nitrogens with zero attached hydrogens (tertiary/aromatic N) is 1. The molecule has 1 saturated heterocycles. The fourth-order valence-corrected chi connectivity index (χ4v) is 4.26.